The Bertz CT molecular complexity index is 1160. The van der Waals surface area contributed by atoms with Gasteiger partial charge >= 0.3 is 0 Å². The molecule has 0 unspecified atom stereocenters. The Labute approximate surface area is 153 Å². The molecule has 2 aromatic heterocycles. The Hall–Kier alpha value is -3.12. The number of carbonyl (C=O) groups is 1. The van der Waals surface area contributed by atoms with Gasteiger partial charge in [-0.25, -0.2) is 4.98 Å². The van der Waals surface area contributed by atoms with Crippen molar-refractivity contribution in [3.63, 3.8) is 0 Å². The molecule has 0 radical (unpaired) electrons. The largest absolute Gasteiger partial charge is 0.350 e. The predicted octanol–water partition coefficient (Wildman–Crippen LogP) is 2.85. The van der Waals surface area contributed by atoms with Crippen molar-refractivity contribution in [3.8, 4) is 0 Å². The van der Waals surface area contributed by atoms with Crippen molar-refractivity contribution in [2.24, 2.45) is 0 Å². The third-order valence-corrected chi connectivity index (χ3v) is 4.45. The summed E-state index contributed by atoms with van der Waals surface area (Å²) in [5.41, 5.74) is 2.52. The Kier molecular flexibility index (Phi) is 4.18. The molecule has 2 heterocycles. The van der Waals surface area contributed by atoms with E-state index in [4.69, 9.17) is 11.6 Å². The molecule has 0 bridgehead atoms. The number of amides is 1. The predicted molar refractivity (Wildman–Crippen MR) is 101 cm³/mol. The number of aromatic amines is 1. The number of H-pyrrole nitrogens is 1. The van der Waals surface area contributed by atoms with Crippen LogP contribution in [0.5, 0.6) is 0 Å². The van der Waals surface area contributed by atoms with E-state index in [1.807, 2.05) is 36.4 Å². The average molecular weight is 367 g/mol. The standard InChI is InChI=1S/C19H15ClN4O2/c20-13-7-5-12(6-8-13)9-21-16(25)10-24-11-22-17-14-3-1-2-4-15(14)23-18(17)19(24)26/h1-8,11,23H,9-10H2,(H,21,25). The van der Waals surface area contributed by atoms with Gasteiger partial charge in [0, 0.05) is 22.5 Å². The number of benzene rings is 2. The highest BCUT2D eigenvalue weighted by molar-refractivity contribution is 6.30. The number of hydrogen-bond acceptors (Lipinski definition) is 3. The Morgan fingerprint density at radius 2 is 1.92 bits per heavy atom. The first-order chi connectivity index (χ1) is 12.6. The molecule has 0 atom stereocenters. The van der Waals surface area contributed by atoms with Crippen LogP contribution in [0.1, 0.15) is 5.56 Å². The number of rotatable bonds is 4. The highest BCUT2D eigenvalue weighted by Crippen LogP contribution is 2.20. The second-order valence-electron chi connectivity index (χ2n) is 5.98. The molecule has 130 valence electrons. The van der Waals surface area contributed by atoms with Crippen molar-refractivity contribution < 1.29 is 4.79 Å². The molecule has 1 amide bonds. The fourth-order valence-electron chi connectivity index (χ4n) is 2.87. The van der Waals surface area contributed by atoms with E-state index < -0.39 is 0 Å². The van der Waals surface area contributed by atoms with Gasteiger partial charge in [-0.05, 0) is 23.8 Å². The number of para-hydroxylation sites is 1. The maximum absolute atomic E-state index is 12.6. The quantitative estimate of drug-likeness (QED) is 0.583. The molecule has 7 heteroatoms. The lowest BCUT2D eigenvalue weighted by Gasteiger charge is -2.07. The number of carbonyl (C=O) groups excluding carboxylic acids is 1. The molecule has 26 heavy (non-hydrogen) atoms. The van der Waals surface area contributed by atoms with Gasteiger partial charge < -0.3 is 10.3 Å². The third-order valence-electron chi connectivity index (χ3n) is 4.20. The normalized spacial score (nSPS) is 11.1. The summed E-state index contributed by atoms with van der Waals surface area (Å²) in [7, 11) is 0. The molecule has 0 spiro atoms. The third kappa shape index (κ3) is 3.07. The van der Waals surface area contributed by atoms with Crippen LogP contribution in [0.3, 0.4) is 0 Å². The number of nitrogens with zero attached hydrogens (tertiary/aromatic N) is 2. The zero-order valence-electron chi connectivity index (χ0n) is 13.7. The fraction of sp³-hybridized carbons (Fsp3) is 0.105. The van der Waals surface area contributed by atoms with Gasteiger partial charge in [0.1, 0.15) is 17.6 Å². The molecule has 0 saturated carbocycles. The van der Waals surface area contributed by atoms with Gasteiger partial charge in [0.15, 0.2) is 0 Å². The molecule has 6 nitrogen and oxygen atoms in total. The summed E-state index contributed by atoms with van der Waals surface area (Å²) < 4.78 is 1.30. The number of nitrogens with one attached hydrogen (secondary N) is 2. The molecular weight excluding hydrogens is 352 g/mol. The lowest BCUT2D eigenvalue weighted by Crippen LogP contribution is -2.32. The van der Waals surface area contributed by atoms with E-state index in [0.29, 0.717) is 22.6 Å². The van der Waals surface area contributed by atoms with E-state index in [1.54, 1.807) is 12.1 Å². The first kappa shape index (κ1) is 16.4. The van der Waals surface area contributed by atoms with Crippen molar-refractivity contribution >= 4 is 39.4 Å². The van der Waals surface area contributed by atoms with Crippen molar-refractivity contribution in [3.05, 3.63) is 75.8 Å². The van der Waals surface area contributed by atoms with E-state index in [-0.39, 0.29) is 18.0 Å². The van der Waals surface area contributed by atoms with Crippen molar-refractivity contribution in [1.29, 1.82) is 0 Å². The zero-order chi connectivity index (χ0) is 18.1. The molecule has 0 aliphatic rings. The molecule has 2 N–H and O–H groups in total. The van der Waals surface area contributed by atoms with Gasteiger partial charge in [-0.1, -0.05) is 41.9 Å². The number of fused-ring (bicyclic) bond motifs is 3. The van der Waals surface area contributed by atoms with Crippen LogP contribution in [0.15, 0.2) is 59.7 Å². The summed E-state index contributed by atoms with van der Waals surface area (Å²) in [6, 6.07) is 14.8. The van der Waals surface area contributed by atoms with Crippen LogP contribution < -0.4 is 10.9 Å². The topological polar surface area (TPSA) is 79.8 Å². The van der Waals surface area contributed by atoms with E-state index >= 15 is 0 Å². The Balaban J connectivity index is 1.54. The van der Waals surface area contributed by atoms with Gasteiger partial charge in [0.25, 0.3) is 5.56 Å². The summed E-state index contributed by atoms with van der Waals surface area (Å²) in [5, 5.41) is 4.32. The first-order valence-corrected chi connectivity index (χ1v) is 8.46. The van der Waals surface area contributed by atoms with Gasteiger partial charge in [-0.3, -0.25) is 14.2 Å². The summed E-state index contributed by atoms with van der Waals surface area (Å²) in [4.78, 5) is 32.3. The van der Waals surface area contributed by atoms with Crippen molar-refractivity contribution in [2.45, 2.75) is 13.1 Å². The minimum atomic E-state index is -0.271. The van der Waals surface area contributed by atoms with E-state index in [9.17, 15) is 9.59 Å². The monoisotopic (exact) mass is 366 g/mol. The van der Waals surface area contributed by atoms with Crippen molar-refractivity contribution in [2.75, 3.05) is 0 Å². The van der Waals surface area contributed by atoms with Crippen LogP contribution in [-0.2, 0) is 17.9 Å². The molecule has 0 aliphatic carbocycles. The summed E-state index contributed by atoms with van der Waals surface area (Å²) in [6.07, 6.45) is 1.41. The average Bonchev–Trinajstić information content (AvgIpc) is 3.03. The van der Waals surface area contributed by atoms with Crippen LogP contribution in [0, 0.1) is 0 Å². The summed E-state index contributed by atoms with van der Waals surface area (Å²) in [6.45, 7) is 0.275. The lowest BCUT2D eigenvalue weighted by atomic mass is 10.2. The minimum absolute atomic E-state index is 0.0925. The van der Waals surface area contributed by atoms with E-state index in [2.05, 4.69) is 15.3 Å². The van der Waals surface area contributed by atoms with Crippen LogP contribution in [0.2, 0.25) is 5.02 Å². The Morgan fingerprint density at radius 1 is 1.15 bits per heavy atom. The van der Waals surface area contributed by atoms with Crippen LogP contribution in [-0.4, -0.2) is 20.4 Å². The van der Waals surface area contributed by atoms with Gasteiger partial charge in [0.2, 0.25) is 5.91 Å². The molecular formula is C19H15ClN4O2. The van der Waals surface area contributed by atoms with Crippen molar-refractivity contribution in [1.82, 2.24) is 19.9 Å². The van der Waals surface area contributed by atoms with Crippen LogP contribution in [0.4, 0.5) is 0 Å². The highest BCUT2D eigenvalue weighted by atomic mass is 35.5. The van der Waals surface area contributed by atoms with E-state index in [1.165, 1.54) is 10.9 Å². The first-order valence-electron chi connectivity index (χ1n) is 8.09. The summed E-state index contributed by atoms with van der Waals surface area (Å²) in [5.74, 6) is -0.265. The lowest BCUT2D eigenvalue weighted by molar-refractivity contribution is -0.121. The SMILES string of the molecule is O=C(Cn1cnc2c([nH]c3ccccc32)c1=O)NCc1ccc(Cl)cc1. The molecule has 2 aromatic carbocycles. The van der Waals surface area contributed by atoms with Gasteiger partial charge in [0.05, 0.1) is 6.33 Å². The number of hydrogen-bond donors (Lipinski definition) is 2. The number of aromatic nitrogens is 3. The molecule has 4 rings (SSSR count). The second-order valence-corrected chi connectivity index (χ2v) is 6.41. The fourth-order valence-corrected chi connectivity index (χ4v) is 2.99. The Morgan fingerprint density at radius 3 is 2.73 bits per heavy atom. The summed E-state index contributed by atoms with van der Waals surface area (Å²) >= 11 is 5.84. The highest BCUT2D eigenvalue weighted by Gasteiger charge is 2.12. The smallest absolute Gasteiger partial charge is 0.278 e. The van der Waals surface area contributed by atoms with Crippen LogP contribution in [0.25, 0.3) is 21.9 Å². The molecule has 4 aromatic rings. The maximum Gasteiger partial charge on any atom is 0.278 e. The molecule has 0 saturated heterocycles. The zero-order valence-corrected chi connectivity index (χ0v) is 14.5. The number of halogens is 1. The molecule has 0 fully saturated rings. The molecule has 0 aliphatic heterocycles. The minimum Gasteiger partial charge on any atom is -0.350 e. The van der Waals surface area contributed by atoms with Gasteiger partial charge in [-0.2, -0.15) is 0 Å². The second kappa shape index (κ2) is 6.65. The maximum atomic E-state index is 12.6. The van der Waals surface area contributed by atoms with Gasteiger partial charge in [-0.15, -0.1) is 0 Å². The van der Waals surface area contributed by atoms with E-state index in [0.717, 1.165) is 16.5 Å². The van der Waals surface area contributed by atoms with Crippen LogP contribution >= 0.6 is 11.6 Å².